The summed E-state index contributed by atoms with van der Waals surface area (Å²) in [6.07, 6.45) is 5.24. The molecule has 2 heterocycles. The molecular formula is C21H35IN4S. The zero-order valence-electron chi connectivity index (χ0n) is 16.8. The van der Waals surface area contributed by atoms with E-state index in [1.807, 2.05) is 18.8 Å². The number of benzene rings is 1. The van der Waals surface area contributed by atoms with Crippen LogP contribution < -0.4 is 5.32 Å². The van der Waals surface area contributed by atoms with Crippen LogP contribution in [-0.2, 0) is 0 Å². The monoisotopic (exact) mass is 502 g/mol. The number of halogens is 1. The van der Waals surface area contributed by atoms with Crippen LogP contribution in [-0.4, -0.2) is 68.3 Å². The fourth-order valence-electron chi connectivity index (χ4n) is 3.96. The van der Waals surface area contributed by atoms with E-state index in [2.05, 4.69) is 57.5 Å². The highest BCUT2D eigenvalue weighted by Crippen LogP contribution is 2.26. The zero-order chi connectivity index (χ0) is 18.2. The van der Waals surface area contributed by atoms with E-state index in [-0.39, 0.29) is 24.0 Å². The van der Waals surface area contributed by atoms with E-state index in [9.17, 15) is 0 Å². The number of piperidine rings is 1. The summed E-state index contributed by atoms with van der Waals surface area (Å²) in [6.45, 7) is 5.83. The van der Waals surface area contributed by atoms with Crippen LogP contribution in [0.25, 0.3) is 0 Å². The fourth-order valence-corrected chi connectivity index (χ4v) is 5.01. The number of hydrogen-bond acceptors (Lipinski definition) is 3. The van der Waals surface area contributed by atoms with Gasteiger partial charge in [0.05, 0.1) is 0 Å². The van der Waals surface area contributed by atoms with Crippen molar-refractivity contribution < 1.29 is 0 Å². The average Bonchev–Trinajstić information content (AvgIpc) is 3.15. The maximum absolute atomic E-state index is 4.53. The first-order chi connectivity index (χ1) is 12.7. The van der Waals surface area contributed by atoms with E-state index >= 15 is 0 Å². The van der Waals surface area contributed by atoms with E-state index in [0.29, 0.717) is 0 Å². The van der Waals surface area contributed by atoms with Crippen molar-refractivity contribution in [1.29, 1.82) is 0 Å². The van der Waals surface area contributed by atoms with Crippen LogP contribution in [0.1, 0.15) is 25.7 Å². The lowest BCUT2D eigenvalue weighted by atomic mass is 9.94. The van der Waals surface area contributed by atoms with Crippen LogP contribution in [0.5, 0.6) is 0 Å². The second kappa shape index (κ2) is 12.2. The molecule has 2 aliphatic heterocycles. The van der Waals surface area contributed by atoms with Crippen LogP contribution in [0.2, 0.25) is 0 Å². The minimum atomic E-state index is 0. The molecule has 0 saturated carbocycles. The normalized spacial score (nSPS) is 21.9. The fraction of sp³-hybridized carbons (Fsp3) is 0.667. The number of hydrogen-bond donors (Lipinski definition) is 1. The molecule has 0 aliphatic carbocycles. The van der Waals surface area contributed by atoms with E-state index < -0.39 is 0 Å². The van der Waals surface area contributed by atoms with Gasteiger partial charge in [0.2, 0.25) is 0 Å². The minimum absolute atomic E-state index is 0. The van der Waals surface area contributed by atoms with Crippen molar-refractivity contribution in [2.24, 2.45) is 16.8 Å². The number of likely N-dealkylation sites (tertiary alicyclic amines) is 2. The second-order valence-electron chi connectivity index (χ2n) is 7.73. The molecule has 3 rings (SSSR count). The highest BCUT2D eigenvalue weighted by Gasteiger charge is 2.25. The standard InChI is InChI=1S/C21H34N4S.HI/c1-22-21(23-12-8-18-9-13-24(2)14-10-18)25-15-11-19(16-25)17-26-20-6-4-3-5-7-20;/h3-7,18-19H,8-17H2,1-2H3,(H,22,23);1H. The van der Waals surface area contributed by atoms with Gasteiger partial charge in [0.25, 0.3) is 0 Å². The summed E-state index contributed by atoms with van der Waals surface area (Å²) in [5.41, 5.74) is 0. The number of nitrogens with one attached hydrogen (secondary N) is 1. The summed E-state index contributed by atoms with van der Waals surface area (Å²) in [4.78, 5) is 10.8. The molecule has 1 aromatic rings. The molecule has 1 unspecified atom stereocenters. The topological polar surface area (TPSA) is 30.9 Å². The average molecular weight is 503 g/mol. The summed E-state index contributed by atoms with van der Waals surface area (Å²) >= 11 is 1.98. The van der Waals surface area contributed by atoms with Gasteiger partial charge in [0.15, 0.2) is 5.96 Å². The maximum atomic E-state index is 4.53. The van der Waals surface area contributed by atoms with Crippen molar-refractivity contribution in [3.63, 3.8) is 0 Å². The lowest BCUT2D eigenvalue weighted by Gasteiger charge is -2.29. The van der Waals surface area contributed by atoms with Gasteiger partial charge in [-0.05, 0) is 69.8 Å². The van der Waals surface area contributed by atoms with Crippen molar-refractivity contribution in [2.45, 2.75) is 30.6 Å². The minimum Gasteiger partial charge on any atom is -0.356 e. The second-order valence-corrected chi connectivity index (χ2v) is 8.83. The van der Waals surface area contributed by atoms with Crippen molar-refractivity contribution >= 4 is 41.7 Å². The Morgan fingerprint density at radius 3 is 2.52 bits per heavy atom. The van der Waals surface area contributed by atoms with Gasteiger partial charge < -0.3 is 15.1 Å². The first-order valence-corrected chi connectivity index (χ1v) is 11.0. The van der Waals surface area contributed by atoms with Gasteiger partial charge in [-0.2, -0.15) is 0 Å². The van der Waals surface area contributed by atoms with Crippen molar-refractivity contribution in [3.8, 4) is 0 Å². The zero-order valence-corrected chi connectivity index (χ0v) is 19.9. The van der Waals surface area contributed by atoms with Crippen LogP contribution in [0.4, 0.5) is 0 Å². The van der Waals surface area contributed by atoms with Gasteiger partial charge in [0.1, 0.15) is 0 Å². The lowest BCUT2D eigenvalue weighted by molar-refractivity contribution is 0.212. The summed E-state index contributed by atoms with van der Waals surface area (Å²) in [7, 11) is 4.15. The summed E-state index contributed by atoms with van der Waals surface area (Å²) in [5.74, 6) is 3.94. The molecule has 152 valence electrons. The lowest BCUT2D eigenvalue weighted by Crippen LogP contribution is -2.41. The molecule has 27 heavy (non-hydrogen) atoms. The summed E-state index contributed by atoms with van der Waals surface area (Å²) in [6, 6.07) is 10.8. The number of thioether (sulfide) groups is 1. The Labute approximate surface area is 186 Å². The molecular weight excluding hydrogens is 467 g/mol. The SMILES string of the molecule is CN=C(NCCC1CCN(C)CC1)N1CCC(CSc2ccccc2)C1.I. The van der Waals surface area contributed by atoms with Crippen LogP contribution in [0, 0.1) is 11.8 Å². The highest BCUT2D eigenvalue weighted by atomic mass is 127. The Bertz CT molecular complexity index is 561. The van der Waals surface area contributed by atoms with Crippen LogP contribution >= 0.6 is 35.7 Å². The van der Waals surface area contributed by atoms with E-state index in [4.69, 9.17) is 0 Å². The predicted octanol–water partition coefficient (Wildman–Crippen LogP) is 4.03. The molecule has 0 radical (unpaired) electrons. The van der Waals surface area contributed by atoms with Crippen molar-refractivity contribution in [1.82, 2.24) is 15.1 Å². The molecule has 1 atom stereocenters. The summed E-state index contributed by atoms with van der Waals surface area (Å²) in [5, 5.41) is 3.62. The molecule has 0 bridgehead atoms. The molecule has 1 aromatic carbocycles. The Morgan fingerprint density at radius 2 is 1.81 bits per heavy atom. The smallest absolute Gasteiger partial charge is 0.193 e. The molecule has 2 saturated heterocycles. The molecule has 6 heteroatoms. The van der Waals surface area contributed by atoms with Gasteiger partial charge in [-0.15, -0.1) is 35.7 Å². The molecule has 0 spiro atoms. The van der Waals surface area contributed by atoms with Gasteiger partial charge in [-0.3, -0.25) is 4.99 Å². The van der Waals surface area contributed by atoms with Crippen LogP contribution in [0.15, 0.2) is 40.2 Å². The van der Waals surface area contributed by atoms with Crippen molar-refractivity contribution in [2.75, 3.05) is 52.6 Å². The molecule has 1 N–H and O–H groups in total. The van der Waals surface area contributed by atoms with E-state index in [0.717, 1.165) is 37.4 Å². The molecule has 4 nitrogen and oxygen atoms in total. The highest BCUT2D eigenvalue weighted by molar-refractivity contribution is 14.0. The number of aliphatic imine (C=N–C) groups is 1. The van der Waals surface area contributed by atoms with Gasteiger partial charge >= 0.3 is 0 Å². The first-order valence-electron chi connectivity index (χ1n) is 10.1. The molecule has 0 amide bonds. The third kappa shape index (κ3) is 7.46. The predicted molar refractivity (Wildman–Crippen MR) is 128 cm³/mol. The quantitative estimate of drug-likeness (QED) is 0.276. The Hall–Kier alpha value is -0.470. The van der Waals surface area contributed by atoms with Gasteiger partial charge in [-0.1, -0.05) is 18.2 Å². The first kappa shape index (κ1) is 22.8. The number of nitrogens with zero attached hydrogens (tertiary/aromatic N) is 3. The third-order valence-electron chi connectivity index (χ3n) is 5.70. The molecule has 2 aliphatic rings. The Kier molecular flexibility index (Phi) is 10.3. The maximum Gasteiger partial charge on any atom is 0.193 e. The van der Waals surface area contributed by atoms with E-state index in [1.165, 1.54) is 49.4 Å². The Morgan fingerprint density at radius 1 is 1.11 bits per heavy atom. The largest absolute Gasteiger partial charge is 0.356 e. The Balaban J connectivity index is 0.00000261. The van der Waals surface area contributed by atoms with E-state index in [1.54, 1.807) is 0 Å². The summed E-state index contributed by atoms with van der Waals surface area (Å²) < 4.78 is 0. The number of guanidine groups is 1. The van der Waals surface area contributed by atoms with Gasteiger partial charge in [0, 0.05) is 37.3 Å². The molecule has 0 aromatic heterocycles. The third-order valence-corrected chi connectivity index (χ3v) is 6.94. The molecule has 2 fully saturated rings. The van der Waals surface area contributed by atoms with Crippen LogP contribution in [0.3, 0.4) is 0 Å². The van der Waals surface area contributed by atoms with Gasteiger partial charge in [-0.25, -0.2) is 0 Å². The van der Waals surface area contributed by atoms with Crippen molar-refractivity contribution in [3.05, 3.63) is 30.3 Å². The number of rotatable bonds is 6.